The van der Waals surface area contributed by atoms with Gasteiger partial charge in [0.15, 0.2) is 0 Å². The summed E-state index contributed by atoms with van der Waals surface area (Å²) >= 11 is 0. The van der Waals surface area contributed by atoms with Gasteiger partial charge in [0.25, 0.3) is 0 Å². The normalized spacial score (nSPS) is 25.2. The molecule has 0 radical (unpaired) electrons. The molecule has 1 aromatic rings. The van der Waals surface area contributed by atoms with Crippen molar-refractivity contribution < 1.29 is 14.7 Å². The van der Waals surface area contributed by atoms with Crippen LogP contribution in [0.25, 0.3) is 0 Å². The zero-order valence-electron chi connectivity index (χ0n) is 13.8. The summed E-state index contributed by atoms with van der Waals surface area (Å²) in [5.74, 6) is -0.702. The first kappa shape index (κ1) is 16.7. The minimum Gasteiger partial charge on any atom is -0.481 e. The molecule has 2 aliphatic rings. The van der Waals surface area contributed by atoms with Crippen LogP contribution in [0.3, 0.4) is 0 Å². The summed E-state index contributed by atoms with van der Waals surface area (Å²) in [5.41, 5.74) is 0. The third-order valence-corrected chi connectivity index (χ3v) is 5.09. The predicted octanol–water partition coefficient (Wildman–Crippen LogP) is 2.55. The lowest BCUT2D eigenvalue weighted by Crippen LogP contribution is -2.41. The number of anilines is 1. The number of carboxylic acid groups (broad SMARTS) is 1. The van der Waals surface area contributed by atoms with Gasteiger partial charge in [0, 0.05) is 6.04 Å². The van der Waals surface area contributed by atoms with Crippen LogP contribution >= 0.6 is 0 Å². The first-order valence-corrected chi connectivity index (χ1v) is 8.83. The Morgan fingerprint density at radius 3 is 2.46 bits per heavy atom. The second-order valence-corrected chi connectivity index (χ2v) is 6.83. The van der Waals surface area contributed by atoms with E-state index in [2.05, 4.69) is 20.7 Å². The summed E-state index contributed by atoms with van der Waals surface area (Å²) < 4.78 is 1.85. The molecule has 1 heterocycles. The highest BCUT2D eigenvalue weighted by Crippen LogP contribution is 2.27. The van der Waals surface area contributed by atoms with Crippen molar-refractivity contribution in [1.29, 1.82) is 0 Å². The van der Waals surface area contributed by atoms with E-state index in [0.717, 1.165) is 12.8 Å². The fourth-order valence-electron chi connectivity index (χ4n) is 3.66. The van der Waals surface area contributed by atoms with Crippen LogP contribution in [0.5, 0.6) is 0 Å². The summed E-state index contributed by atoms with van der Waals surface area (Å²) in [7, 11) is 0. The van der Waals surface area contributed by atoms with Gasteiger partial charge in [-0.3, -0.25) is 10.1 Å². The highest BCUT2D eigenvalue weighted by atomic mass is 16.4. The molecular formula is C16H25N5O3. The fraction of sp³-hybridized carbons (Fsp3) is 0.750. The van der Waals surface area contributed by atoms with Crippen LogP contribution in [0.2, 0.25) is 0 Å². The van der Waals surface area contributed by atoms with Crippen LogP contribution in [0.15, 0.2) is 6.33 Å². The van der Waals surface area contributed by atoms with E-state index in [-0.39, 0.29) is 18.0 Å². The van der Waals surface area contributed by atoms with Crippen molar-refractivity contribution in [3.8, 4) is 0 Å². The fourth-order valence-corrected chi connectivity index (χ4v) is 3.66. The first-order valence-electron chi connectivity index (χ1n) is 8.83. The zero-order valence-corrected chi connectivity index (χ0v) is 13.8. The molecule has 0 aliphatic heterocycles. The van der Waals surface area contributed by atoms with Crippen LogP contribution in [0.4, 0.5) is 10.7 Å². The SMILES string of the molecule is O=C(Nc1ncn(C2CCCCC2)n1)NC1CCC(C(=O)O)CC1. The number of amides is 2. The lowest BCUT2D eigenvalue weighted by Gasteiger charge is -2.26. The largest absolute Gasteiger partial charge is 0.481 e. The van der Waals surface area contributed by atoms with Gasteiger partial charge in [-0.05, 0) is 38.5 Å². The van der Waals surface area contributed by atoms with Crippen molar-refractivity contribution in [2.24, 2.45) is 5.92 Å². The highest BCUT2D eigenvalue weighted by Gasteiger charge is 2.27. The van der Waals surface area contributed by atoms with Gasteiger partial charge in [0.2, 0.25) is 5.95 Å². The number of nitrogens with one attached hydrogen (secondary N) is 2. The molecule has 0 atom stereocenters. The Bertz CT molecular complexity index is 574. The molecule has 132 valence electrons. The molecule has 0 spiro atoms. The molecule has 2 amide bonds. The maximum Gasteiger partial charge on any atom is 0.321 e. The zero-order chi connectivity index (χ0) is 16.9. The third-order valence-electron chi connectivity index (χ3n) is 5.09. The van der Waals surface area contributed by atoms with E-state index in [1.54, 1.807) is 6.33 Å². The van der Waals surface area contributed by atoms with Crippen LogP contribution in [0, 0.1) is 5.92 Å². The molecule has 3 N–H and O–H groups in total. The smallest absolute Gasteiger partial charge is 0.321 e. The van der Waals surface area contributed by atoms with Crippen LogP contribution in [-0.4, -0.2) is 37.9 Å². The molecule has 0 aromatic carbocycles. The number of carbonyl (C=O) groups excluding carboxylic acids is 1. The predicted molar refractivity (Wildman–Crippen MR) is 87.7 cm³/mol. The molecule has 2 fully saturated rings. The van der Waals surface area contributed by atoms with E-state index in [1.807, 2.05) is 4.68 Å². The van der Waals surface area contributed by atoms with E-state index < -0.39 is 5.97 Å². The quantitative estimate of drug-likeness (QED) is 0.783. The molecule has 2 aliphatic carbocycles. The maximum absolute atomic E-state index is 12.1. The van der Waals surface area contributed by atoms with E-state index in [4.69, 9.17) is 5.11 Å². The van der Waals surface area contributed by atoms with E-state index in [0.29, 0.717) is 37.7 Å². The number of urea groups is 1. The average molecular weight is 335 g/mol. The summed E-state index contributed by atoms with van der Waals surface area (Å²) in [5, 5.41) is 18.9. The van der Waals surface area contributed by atoms with Crippen molar-refractivity contribution in [2.45, 2.75) is 69.9 Å². The van der Waals surface area contributed by atoms with Gasteiger partial charge >= 0.3 is 12.0 Å². The van der Waals surface area contributed by atoms with Gasteiger partial charge in [-0.15, -0.1) is 5.10 Å². The topological polar surface area (TPSA) is 109 Å². The number of nitrogens with zero attached hydrogens (tertiary/aromatic N) is 3. The number of aliphatic carboxylic acids is 1. The Kier molecular flexibility index (Phi) is 5.32. The molecular weight excluding hydrogens is 310 g/mol. The Morgan fingerprint density at radius 1 is 1.08 bits per heavy atom. The van der Waals surface area contributed by atoms with Crippen LogP contribution < -0.4 is 10.6 Å². The van der Waals surface area contributed by atoms with Crippen molar-refractivity contribution >= 4 is 17.9 Å². The molecule has 0 saturated heterocycles. The number of rotatable bonds is 4. The van der Waals surface area contributed by atoms with Crippen LogP contribution in [-0.2, 0) is 4.79 Å². The minimum atomic E-state index is -0.740. The second-order valence-electron chi connectivity index (χ2n) is 6.83. The van der Waals surface area contributed by atoms with E-state index in [1.165, 1.54) is 19.3 Å². The second kappa shape index (κ2) is 7.63. The molecule has 8 nitrogen and oxygen atoms in total. The van der Waals surface area contributed by atoms with Gasteiger partial charge < -0.3 is 10.4 Å². The average Bonchev–Trinajstić information content (AvgIpc) is 3.04. The molecule has 2 saturated carbocycles. The van der Waals surface area contributed by atoms with Crippen molar-refractivity contribution in [2.75, 3.05) is 5.32 Å². The van der Waals surface area contributed by atoms with Crippen molar-refractivity contribution in [3.63, 3.8) is 0 Å². The van der Waals surface area contributed by atoms with Gasteiger partial charge in [0.05, 0.1) is 12.0 Å². The van der Waals surface area contributed by atoms with Crippen LogP contribution in [0.1, 0.15) is 63.8 Å². The number of carboxylic acids is 1. The molecule has 1 aromatic heterocycles. The Labute approximate surface area is 141 Å². The molecule has 8 heteroatoms. The summed E-state index contributed by atoms with van der Waals surface area (Å²) in [6.07, 6.45) is 10.2. The standard InChI is InChI=1S/C16H25N5O3/c22-14(23)11-6-8-12(9-7-11)18-16(24)19-15-17-10-21(20-15)13-4-2-1-3-5-13/h10-13H,1-9H2,(H,22,23)(H2,18,19,20,24). The molecule has 0 bridgehead atoms. The Hall–Kier alpha value is -2.12. The monoisotopic (exact) mass is 335 g/mol. The Morgan fingerprint density at radius 2 is 1.79 bits per heavy atom. The van der Waals surface area contributed by atoms with Gasteiger partial charge in [-0.25, -0.2) is 14.5 Å². The molecule has 24 heavy (non-hydrogen) atoms. The van der Waals surface area contributed by atoms with Crippen molar-refractivity contribution in [3.05, 3.63) is 6.33 Å². The first-order chi connectivity index (χ1) is 11.6. The van der Waals surface area contributed by atoms with Gasteiger partial charge in [-0.1, -0.05) is 19.3 Å². The van der Waals surface area contributed by atoms with Crippen molar-refractivity contribution in [1.82, 2.24) is 20.1 Å². The number of hydrogen-bond acceptors (Lipinski definition) is 4. The number of hydrogen-bond donors (Lipinski definition) is 3. The van der Waals surface area contributed by atoms with Gasteiger partial charge in [-0.2, -0.15) is 0 Å². The number of aromatic nitrogens is 3. The summed E-state index contributed by atoms with van der Waals surface area (Å²) in [6, 6.07) is 0.0763. The maximum atomic E-state index is 12.1. The number of carbonyl (C=O) groups is 2. The van der Waals surface area contributed by atoms with E-state index >= 15 is 0 Å². The lowest BCUT2D eigenvalue weighted by atomic mass is 9.86. The summed E-state index contributed by atoms with van der Waals surface area (Å²) in [4.78, 5) is 27.2. The molecule has 3 rings (SSSR count). The van der Waals surface area contributed by atoms with E-state index in [9.17, 15) is 9.59 Å². The molecule has 0 unspecified atom stereocenters. The lowest BCUT2D eigenvalue weighted by molar-refractivity contribution is -0.142. The third kappa shape index (κ3) is 4.24. The highest BCUT2D eigenvalue weighted by molar-refractivity contribution is 5.87. The van der Waals surface area contributed by atoms with Gasteiger partial charge in [0.1, 0.15) is 6.33 Å². The minimum absolute atomic E-state index is 0.0148. The summed E-state index contributed by atoms with van der Waals surface area (Å²) in [6.45, 7) is 0. The Balaban J connectivity index is 1.45.